The first-order valence-electron chi connectivity index (χ1n) is 8.94. The van der Waals surface area contributed by atoms with Gasteiger partial charge in [0, 0.05) is 55.2 Å². The van der Waals surface area contributed by atoms with Crippen molar-refractivity contribution in [3.63, 3.8) is 0 Å². The van der Waals surface area contributed by atoms with Crippen molar-refractivity contribution in [3.8, 4) is 17.0 Å². The first kappa shape index (κ1) is 16.9. The van der Waals surface area contributed by atoms with Gasteiger partial charge in [0.05, 0.1) is 13.2 Å². The fraction of sp³-hybridized carbons (Fsp3) is 0.333. The van der Waals surface area contributed by atoms with E-state index in [2.05, 4.69) is 25.4 Å². The zero-order chi connectivity index (χ0) is 19.3. The van der Waals surface area contributed by atoms with E-state index in [1.54, 1.807) is 24.0 Å². The fourth-order valence-electron chi connectivity index (χ4n) is 3.64. The molecule has 0 amide bonds. The largest absolute Gasteiger partial charge is 0.479 e. The minimum atomic E-state index is -0.969. The molecule has 1 saturated heterocycles. The molecule has 9 nitrogen and oxygen atoms in total. The van der Waals surface area contributed by atoms with Gasteiger partial charge < -0.3 is 15.0 Å². The predicted molar refractivity (Wildman–Crippen MR) is 101 cm³/mol. The Morgan fingerprint density at radius 1 is 1.25 bits per heavy atom. The summed E-state index contributed by atoms with van der Waals surface area (Å²) in [7, 11) is 3.45. The maximum Gasteiger partial charge on any atom is 0.244 e. The summed E-state index contributed by atoms with van der Waals surface area (Å²) in [6.45, 7) is 0.993. The predicted octanol–water partition coefficient (Wildman–Crippen LogP) is 1.51. The van der Waals surface area contributed by atoms with Crippen LogP contribution in [-0.4, -0.2) is 73.3 Å². The van der Waals surface area contributed by atoms with Crippen LogP contribution in [0.3, 0.4) is 0 Å². The lowest BCUT2D eigenvalue weighted by Crippen LogP contribution is -2.30. The second-order valence-corrected chi connectivity index (χ2v) is 6.93. The molecule has 4 aromatic rings. The molecule has 10 heteroatoms. The van der Waals surface area contributed by atoms with Crippen LogP contribution in [0, 0.1) is 0 Å². The number of rotatable bonds is 4. The summed E-state index contributed by atoms with van der Waals surface area (Å²) in [5, 5.41) is 7.59. The van der Waals surface area contributed by atoms with E-state index in [9.17, 15) is 4.39 Å². The van der Waals surface area contributed by atoms with E-state index in [4.69, 9.17) is 4.74 Å². The number of aromatic nitrogens is 6. The van der Waals surface area contributed by atoms with E-state index in [0.717, 1.165) is 16.6 Å². The lowest BCUT2D eigenvalue weighted by molar-refractivity contribution is 0.313. The van der Waals surface area contributed by atoms with Gasteiger partial charge >= 0.3 is 0 Å². The summed E-state index contributed by atoms with van der Waals surface area (Å²) in [5.41, 5.74) is 2.49. The zero-order valence-electron chi connectivity index (χ0n) is 15.4. The number of fused-ring (bicyclic) bond motifs is 2. The van der Waals surface area contributed by atoms with E-state index in [1.807, 2.05) is 41.0 Å². The van der Waals surface area contributed by atoms with E-state index >= 15 is 0 Å². The molecule has 144 valence electrons. The van der Waals surface area contributed by atoms with Crippen molar-refractivity contribution in [2.24, 2.45) is 0 Å². The van der Waals surface area contributed by atoms with Gasteiger partial charge in [-0.1, -0.05) is 0 Å². The third kappa shape index (κ3) is 2.73. The highest BCUT2D eigenvalue weighted by molar-refractivity contribution is 5.84. The van der Waals surface area contributed by atoms with Gasteiger partial charge in [-0.15, -0.1) is 5.10 Å². The smallest absolute Gasteiger partial charge is 0.244 e. The second-order valence-electron chi connectivity index (χ2n) is 6.93. The molecule has 1 N–H and O–H groups in total. The van der Waals surface area contributed by atoms with Crippen molar-refractivity contribution in [1.82, 2.24) is 33.9 Å². The third-order valence-corrected chi connectivity index (χ3v) is 4.97. The van der Waals surface area contributed by atoms with Crippen LogP contribution in [0.2, 0.25) is 0 Å². The Kier molecular flexibility index (Phi) is 3.86. The first-order chi connectivity index (χ1) is 13.6. The van der Waals surface area contributed by atoms with Crippen LogP contribution < -0.4 is 10.1 Å². The number of nitrogens with zero attached hydrogens (tertiary/aromatic N) is 7. The van der Waals surface area contributed by atoms with Crippen LogP contribution in [0.4, 0.5) is 10.3 Å². The normalized spacial score (nSPS) is 20.2. The van der Waals surface area contributed by atoms with Gasteiger partial charge in [-0.2, -0.15) is 4.98 Å². The summed E-state index contributed by atoms with van der Waals surface area (Å²) in [6, 6.07) is 1.58. The van der Waals surface area contributed by atoms with Gasteiger partial charge in [-0.05, 0) is 13.1 Å². The van der Waals surface area contributed by atoms with Crippen molar-refractivity contribution >= 4 is 17.2 Å². The van der Waals surface area contributed by atoms with Gasteiger partial charge in [0.25, 0.3) is 0 Å². The molecule has 5 heterocycles. The molecule has 1 aliphatic rings. The van der Waals surface area contributed by atoms with Crippen molar-refractivity contribution in [2.45, 2.75) is 12.2 Å². The highest BCUT2D eigenvalue weighted by Gasteiger charge is 2.31. The summed E-state index contributed by atoms with van der Waals surface area (Å²) >= 11 is 0. The lowest BCUT2D eigenvalue weighted by Gasteiger charge is -2.15. The Hall–Kier alpha value is -3.27. The number of ether oxygens (including phenoxy) is 1. The molecule has 0 radical (unpaired) electrons. The average Bonchev–Trinajstić information content (AvgIpc) is 3.39. The number of anilines is 1. The van der Waals surface area contributed by atoms with Crippen LogP contribution in [0.15, 0.2) is 37.1 Å². The van der Waals surface area contributed by atoms with Crippen molar-refractivity contribution in [1.29, 1.82) is 0 Å². The summed E-state index contributed by atoms with van der Waals surface area (Å²) in [4.78, 5) is 14.9. The Balaban J connectivity index is 1.55. The second kappa shape index (κ2) is 6.41. The molecule has 1 aliphatic heterocycles. The topological polar surface area (TPSA) is 84.9 Å². The Morgan fingerprint density at radius 3 is 2.93 bits per heavy atom. The zero-order valence-corrected chi connectivity index (χ0v) is 15.4. The number of likely N-dealkylation sites (N-methyl/N-ethyl adjacent to an activating group) is 1. The molecule has 0 bridgehead atoms. The standard InChI is InChI=1S/C18H19FN8O/c1-25-9-13(19)14(10-25)22-17-23-16(28-2)15-12(3-5-27(15)24-17)11-7-21-18-20-4-6-26(18)8-11/h3-8,13-14H,9-10H2,1-2H3,(H,22,24)/t13-,14+/m0/s1. The maximum absolute atomic E-state index is 14.1. The van der Waals surface area contributed by atoms with E-state index < -0.39 is 6.17 Å². The van der Waals surface area contributed by atoms with Crippen molar-refractivity contribution in [3.05, 3.63) is 37.1 Å². The van der Waals surface area contributed by atoms with Gasteiger partial charge in [-0.25, -0.2) is 18.9 Å². The van der Waals surface area contributed by atoms with E-state index in [1.165, 1.54) is 0 Å². The summed E-state index contributed by atoms with van der Waals surface area (Å²) in [6.07, 6.45) is 8.09. The maximum atomic E-state index is 14.1. The third-order valence-electron chi connectivity index (χ3n) is 4.97. The minimum absolute atomic E-state index is 0.331. The van der Waals surface area contributed by atoms with Gasteiger partial charge in [-0.3, -0.25) is 4.40 Å². The SMILES string of the molecule is COc1nc(N[C@@H]2CN(C)C[C@@H]2F)nn2ccc(-c3cnc4nccn4c3)c12. The number of alkyl halides is 1. The quantitative estimate of drug-likeness (QED) is 0.573. The minimum Gasteiger partial charge on any atom is -0.479 e. The number of imidazole rings is 1. The van der Waals surface area contributed by atoms with E-state index in [-0.39, 0.29) is 6.04 Å². The monoisotopic (exact) mass is 382 g/mol. The summed E-state index contributed by atoms with van der Waals surface area (Å²) < 4.78 is 23.2. The molecule has 2 atom stereocenters. The van der Waals surface area contributed by atoms with Crippen molar-refractivity contribution < 1.29 is 9.13 Å². The molecule has 1 fully saturated rings. The Labute approximate surface area is 159 Å². The van der Waals surface area contributed by atoms with Gasteiger partial charge in [0.2, 0.25) is 17.6 Å². The summed E-state index contributed by atoms with van der Waals surface area (Å²) in [5.74, 6) is 1.37. The van der Waals surface area contributed by atoms with Crippen LogP contribution in [0.1, 0.15) is 0 Å². The number of methoxy groups -OCH3 is 1. The molecule has 0 aliphatic carbocycles. The Morgan fingerprint density at radius 2 is 2.14 bits per heavy atom. The molecule has 0 unspecified atom stereocenters. The number of halogens is 1. The van der Waals surface area contributed by atoms with E-state index in [0.29, 0.717) is 30.7 Å². The van der Waals surface area contributed by atoms with Crippen molar-refractivity contribution in [2.75, 3.05) is 32.6 Å². The molecule has 0 spiro atoms. The molecule has 4 aromatic heterocycles. The number of nitrogens with one attached hydrogen (secondary N) is 1. The fourth-order valence-corrected chi connectivity index (χ4v) is 3.64. The molecule has 0 aromatic carbocycles. The molecule has 5 rings (SSSR count). The average molecular weight is 382 g/mol. The highest BCUT2D eigenvalue weighted by atomic mass is 19.1. The highest BCUT2D eigenvalue weighted by Crippen LogP contribution is 2.31. The number of hydrogen-bond acceptors (Lipinski definition) is 7. The number of likely N-dealkylation sites (tertiary alicyclic amines) is 1. The van der Waals surface area contributed by atoms with Crippen LogP contribution in [0.5, 0.6) is 5.88 Å². The molecule has 0 saturated carbocycles. The van der Waals surface area contributed by atoms with Crippen LogP contribution in [0.25, 0.3) is 22.4 Å². The van der Waals surface area contributed by atoms with Gasteiger partial charge in [0.15, 0.2) is 0 Å². The Bertz CT molecular complexity index is 1160. The molecular weight excluding hydrogens is 363 g/mol. The lowest BCUT2D eigenvalue weighted by atomic mass is 10.1. The first-order valence-corrected chi connectivity index (χ1v) is 8.94. The van der Waals surface area contributed by atoms with Crippen LogP contribution >= 0.6 is 0 Å². The molecular formula is C18H19FN8O. The van der Waals surface area contributed by atoms with Crippen LogP contribution in [-0.2, 0) is 0 Å². The number of hydrogen-bond donors (Lipinski definition) is 1. The van der Waals surface area contributed by atoms with Gasteiger partial charge in [0.1, 0.15) is 11.7 Å². The molecule has 28 heavy (non-hydrogen) atoms.